The van der Waals surface area contributed by atoms with Crippen LogP contribution in [0.1, 0.15) is 12.0 Å². The number of rotatable bonds is 6. The molecule has 4 rings (SSSR count). The summed E-state index contributed by atoms with van der Waals surface area (Å²) >= 11 is 1.70. The van der Waals surface area contributed by atoms with Crippen molar-refractivity contribution in [2.24, 2.45) is 0 Å². The lowest BCUT2D eigenvalue weighted by molar-refractivity contribution is 0.628. The van der Waals surface area contributed by atoms with Crippen molar-refractivity contribution in [2.75, 3.05) is 0 Å². The predicted molar refractivity (Wildman–Crippen MR) is 102 cm³/mol. The molecule has 0 bridgehead atoms. The lowest BCUT2D eigenvalue weighted by atomic mass is 10.2. The summed E-state index contributed by atoms with van der Waals surface area (Å²) in [5.41, 5.74) is 3.95. The highest BCUT2D eigenvalue weighted by atomic mass is 32.2. The third-order valence-corrected chi connectivity index (χ3v) is 5.06. The Labute approximate surface area is 155 Å². The van der Waals surface area contributed by atoms with Gasteiger partial charge in [-0.15, -0.1) is 0 Å². The van der Waals surface area contributed by atoms with Gasteiger partial charge in [-0.25, -0.2) is 9.97 Å². The second-order valence-corrected chi connectivity index (χ2v) is 6.70. The number of aromatic nitrogens is 5. The monoisotopic (exact) mass is 360 g/mol. The number of nitriles is 1. The topological polar surface area (TPSA) is 72.3 Å². The van der Waals surface area contributed by atoms with E-state index in [1.807, 2.05) is 36.7 Å². The quantitative estimate of drug-likeness (QED) is 0.521. The molecule has 0 aliphatic rings. The Morgan fingerprint density at radius 3 is 2.85 bits per heavy atom. The molecule has 0 saturated heterocycles. The van der Waals surface area contributed by atoms with Gasteiger partial charge in [0.1, 0.15) is 6.33 Å². The second-order valence-electron chi connectivity index (χ2n) is 5.76. The van der Waals surface area contributed by atoms with Gasteiger partial charge in [-0.3, -0.25) is 8.65 Å². The van der Waals surface area contributed by atoms with Crippen LogP contribution in [0, 0.1) is 11.3 Å². The van der Waals surface area contributed by atoms with Crippen molar-refractivity contribution in [1.82, 2.24) is 23.7 Å². The Morgan fingerprint density at radius 2 is 2.00 bits per heavy atom. The molecule has 0 aliphatic heterocycles. The van der Waals surface area contributed by atoms with Gasteiger partial charge >= 0.3 is 0 Å². The zero-order valence-electron chi connectivity index (χ0n) is 14.0. The van der Waals surface area contributed by atoms with Gasteiger partial charge in [0.25, 0.3) is 0 Å². The van der Waals surface area contributed by atoms with Crippen molar-refractivity contribution >= 4 is 23.0 Å². The van der Waals surface area contributed by atoms with Crippen LogP contribution in [0.5, 0.6) is 0 Å². The molecule has 6 nitrogen and oxygen atoms in total. The van der Waals surface area contributed by atoms with Gasteiger partial charge in [0.05, 0.1) is 30.9 Å². The van der Waals surface area contributed by atoms with Gasteiger partial charge < -0.3 is 0 Å². The second kappa shape index (κ2) is 7.42. The fraction of sp³-hybridized carbons (Fsp3) is 0.158. The fourth-order valence-corrected chi connectivity index (χ4v) is 3.65. The maximum absolute atomic E-state index is 8.71. The lowest BCUT2D eigenvalue weighted by Crippen LogP contribution is -1.96. The molecule has 26 heavy (non-hydrogen) atoms. The van der Waals surface area contributed by atoms with Gasteiger partial charge in [0, 0.05) is 29.1 Å². The summed E-state index contributed by atoms with van der Waals surface area (Å²) in [6.07, 6.45) is 7.76. The molecule has 4 aromatic rings. The Hall–Kier alpha value is -3.11. The minimum atomic E-state index is 0.437. The number of fused-ring (bicyclic) bond motifs is 1. The van der Waals surface area contributed by atoms with Gasteiger partial charge in [0.2, 0.25) is 0 Å². The molecule has 0 N–H and O–H groups in total. The summed E-state index contributed by atoms with van der Waals surface area (Å²) in [6.45, 7) is 0.582. The van der Waals surface area contributed by atoms with Crippen LogP contribution in [0.3, 0.4) is 0 Å². The molecule has 3 heterocycles. The van der Waals surface area contributed by atoms with Crippen molar-refractivity contribution in [1.29, 1.82) is 5.26 Å². The minimum Gasteiger partial charge on any atom is -0.275 e. The summed E-state index contributed by atoms with van der Waals surface area (Å²) in [5.74, 6) is 0.871. The zero-order valence-corrected chi connectivity index (χ0v) is 14.8. The molecule has 3 aromatic heterocycles. The maximum Gasteiger partial charge on any atom is 0.154 e. The van der Waals surface area contributed by atoms with E-state index in [9.17, 15) is 0 Å². The highest BCUT2D eigenvalue weighted by Gasteiger charge is 2.12. The Kier molecular flexibility index (Phi) is 4.67. The van der Waals surface area contributed by atoms with E-state index in [0.29, 0.717) is 13.0 Å². The van der Waals surface area contributed by atoms with E-state index in [4.69, 9.17) is 5.26 Å². The van der Waals surface area contributed by atoms with Gasteiger partial charge in [-0.05, 0) is 23.6 Å². The number of benzene rings is 1. The summed E-state index contributed by atoms with van der Waals surface area (Å²) in [5, 5.41) is 14.0. The molecule has 0 spiro atoms. The van der Waals surface area contributed by atoms with E-state index >= 15 is 0 Å². The first-order valence-electron chi connectivity index (χ1n) is 8.24. The minimum absolute atomic E-state index is 0.437. The van der Waals surface area contributed by atoms with Crippen LogP contribution in [0.2, 0.25) is 0 Å². The van der Waals surface area contributed by atoms with Crippen LogP contribution in [0.4, 0.5) is 0 Å². The lowest BCUT2D eigenvalue weighted by Gasteiger charge is -2.05. The smallest absolute Gasteiger partial charge is 0.154 e. The third-order valence-electron chi connectivity index (χ3n) is 4.02. The van der Waals surface area contributed by atoms with E-state index in [1.54, 1.807) is 29.2 Å². The summed E-state index contributed by atoms with van der Waals surface area (Å²) in [4.78, 5) is 8.91. The predicted octanol–water partition coefficient (Wildman–Crippen LogP) is 3.90. The molecule has 0 aliphatic carbocycles. The molecule has 7 heteroatoms. The molecule has 0 atom stereocenters. The molecule has 1 aromatic carbocycles. The highest BCUT2D eigenvalue weighted by molar-refractivity contribution is 7.97. The molecule has 0 fully saturated rings. The van der Waals surface area contributed by atoms with Crippen molar-refractivity contribution < 1.29 is 0 Å². The molecule has 0 unspecified atom stereocenters. The standard InChI is InChI=1S/C19H16N6S/c20-8-4-9-24-12-16(11-23-24)18-17-7-10-25(19(17)22-14-21-18)26-13-15-5-2-1-3-6-15/h1-3,5-7,10-12,14H,4,9,13H2. The maximum atomic E-state index is 8.71. The van der Waals surface area contributed by atoms with E-state index in [0.717, 1.165) is 28.0 Å². The van der Waals surface area contributed by atoms with Crippen LogP contribution in [-0.4, -0.2) is 23.7 Å². The molecule has 0 amide bonds. The summed E-state index contributed by atoms with van der Waals surface area (Å²) in [7, 11) is 0. The number of hydrogen-bond acceptors (Lipinski definition) is 5. The molecule has 0 saturated carbocycles. The van der Waals surface area contributed by atoms with E-state index in [1.165, 1.54) is 5.56 Å². The molecule has 128 valence electrons. The molecular weight excluding hydrogens is 344 g/mol. The van der Waals surface area contributed by atoms with Crippen molar-refractivity contribution in [3.63, 3.8) is 0 Å². The van der Waals surface area contributed by atoms with Gasteiger partial charge in [-0.1, -0.05) is 30.3 Å². The van der Waals surface area contributed by atoms with E-state index in [2.05, 4.69) is 37.2 Å². The fourth-order valence-electron chi connectivity index (χ4n) is 2.75. The van der Waals surface area contributed by atoms with Gasteiger partial charge in [-0.2, -0.15) is 10.4 Å². The summed E-state index contributed by atoms with van der Waals surface area (Å²) < 4.78 is 3.85. The Balaban J connectivity index is 1.61. The van der Waals surface area contributed by atoms with Crippen LogP contribution < -0.4 is 0 Å². The zero-order chi connectivity index (χ0) is 17.8. The SMILES string of the molecule is N#CCCn1cc(-c2ncnc3c2ccn3SCc2ccccc2)cn1. The van der Waals surface area contributed by atoms with Crippen LogP contribution >= 0.6 is 11.9 Å². The van der Waals surface area contributed by atoms with E-state index < -0.39 is 0 Å². The number of nitrogens with zero attached hydrogens (tertiary/aromatic N) is 6. The number of aryl methyl sites for hydroxylation is 1. The molecular formula is C19H16N6S. The van der Waals surface area contributed by atoms with Gasteiger partial charge in [0.15, 0.2) is 5.65 Å². The summed E-state index contributed by atoms with van der Waals surface area (Å²) in [6, 6.07) is 14.5. The van der Waals surface area contributed by atoms with Crippen molar-refractivity contribution in [2.45, 2.75) is 18.7 Å². The van der Waals surface area contributed by atoms with E-state index in [-0.39, 0.29) is 0 Å². The average molecular weight is 360 g/mol. The first-order valence-corrected chi connectivity index (χ1v) is 9.18. The van der Waals surface area contributed by atoms with Crippen LogP contribution in [0.15, 0.2) is 61.3 Å². The first kappa shape index (κ1) is 16.4. The first-order chi connectivity index (χ1) is 12.8. The highest BCUT2D eigenvalue weighted by Crippen LogP contribution is 2.28. The Morgan fingerprint density at radius 1 is 1.12 bits per heavy atom. The molecule has 0 radical (unpaired) electrons. The number of hydrogen-bond donors (Lipinski definition) is 0. The van der Waals surface area contributed by atoms with Crippen molar-refractivity contribution in [3.05, 3.63) is 66.9 Å². The Bertz CT molecular complexity index is 1060. The largest absolute Gasteiger partial charge is 0.275 e. The third kappa shape index (κ3) is 3.32. The normalized spacial score (nSPS) is 10.9. The van der Waals surface area contributed by atoms with Crippen molar-refractivity contribution in [3.8, 4) is 17.3 Å². The van der Waals surface area contributed by atoms with Crippen LogP contribution in [-0.2, 0) is 12.3 Å². The average Bonchev–Trinajstić information content (AvgIpc) is 3.32. The van der Waals surface area contributed by atoms with Crippen LogP contribution in [0.25, 0.3) is 22.3 Å².